The minimum absolute atomic E-state index is 0.406. The molecule has 3 rings (SSSR count). The summed E-state index contributed by atoms with van der Waals surface area (Å²) < 4.78 is 28.2. The molecule has 2 aromatic heterocycles. The van der Waals surface area contributed by atoms with Crippen molar-refractivity contribution in [3.05, 3.63) is 53.1 Å². The molecule has 6 heteroatoms. The van der Waals surface area contributed by atoms with Crippen LogP contribution in [-0.2, 0) is 0 Å². The van der Waals surface area contributed by atoms with Crippen LogP contribution in [0.3, 0.4) is 0 Å². The molecule has 1 N–H and O–H groups in total. The van der Waals surface area contributed by atoms with Crippen LogP contribution in [0.2, 0.25) is 0 Å². The molecule has 3 nitrogen and oxygen atoms in total. The van der Waals surface area contributed by atoms with E-state index in [1.54, 1.807) is 23.0 Å². The van der Waals surface area contributed by atoms with Crippen LogP contribution in [0.1, 0.15) is 0 Å². The molecule has 2 heterocycles. The molecule has 0 fully saturated rings. The van der Waals surface area contributed by atoms with Crippen LogP contribution >= 0.6 is 12.2 Å². The molecule has 0 aliphatic rings. The minimum Gasteiger partial charge on any atom is -0.329 e. The summed E-state index contributed by atoms with van der Waals surface area (Å²) >= 11 is 5.17. The van der Waals surface area contributed by atoms with Gasteiger partial charge in [-0.25, -0.2) is 8.78 Å². The highest BCUT2D eigenvalue weighted by atomic mass is 32.1. The van der Waals surface area contributed by atoms with E-state index in [9.17, 15) is 8.78 Å². The van der Waals surface area contributed by atoms with Gasteiger partial charge in [-0.05, 0) is 30.4 Å². The first-order chi connectivity index (χ1) is 8.66. The van der Waals surface area contributed by atoms with Crippen LogP contribution in [0.15, 0.2) is 36.7 Å². The first kappa shape index (κ1) is 11.0. The van der Waals surface area contributed by atoms with Gasteiger partial charge in [-0.3, -0.25) is 9.55 Å². The molecule has 0 saturated heterocycles. The van der Waals surface area contributed by atoms with E-state index >= 15 is 0 Å². The SMILES string of the molecule is Fc1ccc(-n2c(=S)[nH]c3cnccc32)cc1F. The molecule has 0 bridgehead atoms. The Morgan fingerprint density at radius 3 is 2.78 bits per heavy atom. The highest BCUT2D eigenvalue weighted by Gasteiger charge is 2.09. The third-order valence-electron chi connectivity index (χ3n) is 2.65. The highest BCUT2D eigenvalue weighted by Crippen LogP contribution is 2.20. The average molecular weight is 263 g/mol. The number of hydrogen-bond acceptors (Lipinski definition) is 2. The Hall–Kier alpha value is -2.08. The lowest BCUT2D eigenvalue weighted by atomic mass is 10.3. The predicted octanol–water partition coefficient (Wildman–Crippen LogP) is 3.36. The maximum Gasteiger partial charge on any atom is 0.182 e. The molecule has 0 aliphatic carbocycles. The van der Waals surface area contributed by atoms with Crippen molar-refractivity contribution in [3.8, 4) is 5.69 Å². The van der Waals surface area contributed by atoms with Gasteiger partial charge < -0.3 is 4.98 Å². The highest BCUT2D eigenvalue weighted by molar-refractivity contribution is 7.71. The van der Waals surface area contributed by atoms with Crippen LogP contribution in [0.25, 0.3) is 16.7 Å². The third kappa shape index (κ3) is 1.62. The molecule has 18 heavy (non-hydrogen) atoms. The number of pyridine rings is 1. The van der Waals surface area contributed by atoms with Gasteiger partial charge in [0.1, 0.15) is 0 Å². The summed E-state index contributed by atoms with van der Waals surface area (Å²) in [4.78, 5) is 6.93. The van der Waals surface area contributed by atoms with Crippen molar-refractivity contribution in [2.24, 2.45) is 0 Å². The predicted molar refractivity (Wildman–Crippen MR) is 66.2 cm³/mol. The molecular weight excluding hydrogens is 256 g/mol. The van der Waals surface area contributed by atoms with E-state index in [1.807, 2.05) is 0 Å². The molecule has 0 aliphatic heterocycles. The van der Waals surface area contributed by atoms with Gasteiger partial charge in [0.25, 0.3) is 0 Å². The fraction of sp³-hybridized carbons (Fsp3) is 0. The molecule has 90 valence electrons. The summed E-state index contributed by atoms with van der Waals surface area (Å²) in [6.07, 6.45) is 3.24. The van der Waals surface area contributed by atoms with Crippen LogP contribution in [0.5, 0.6) is 0 Å². The number of aromatic amines is 1. The quantitative estimate of drug-likeness (QED) is 0.683. The Kier molecular flexibility index (Phi) is 2.45. The number of hydrogen-bond donors (Lipinski definition) is 1. The van der Waals surface area contributed by atoms with E-state index < -0.39 is 11.6 Å². The molecule has 0 atom stereocenters. The second-order valence-corrected chi connectivity index (χ2v) is 4.14. The number of benzene rings is 1. The van der Waals surface area contributed by atoms with Crippen molar-refractivity contribution in [3.63, 3.8) is 0 Å². The van der Waals surface area contributed by atoms with Crippen molar-refractivity contribution in [1.29, 1.82) is 0 Å². The van der Waals surface area contributed by atoms with Gasteiger partial charge in [-0.15, -0.1) is 0 Å². The zero-order valence-corrected chi connectivity index (χ0v) is 9.84. The molecule has 0 saturated carbocycles. The molecule has 0 spiro atoms. The second kappa shape index (κ2) is 3.99. The summed E-state index contributed by atoms with van der Waals surface area (Å²) in [6, 6.07) is 5.41. The molecule has 0 amide bonds. The number of fused-ring (bicyclic) bond motifs is 1. The van der Waals surface area contributed by atoms with Gasteiger partial charge in [0.05, 0.1) is 22.9 Å². The van der Waals surface area contributed by atoms with Crippen molar-refractivity contribution < 1.29 is 8.78 Å². The standard InChI is InChI=1S/C12H7F2N3S/c13-8-2-1-7(5-9(8)14)17-11-3-4-15-6-10(11)16-12(17)18/h1-6H,(H,16,18). The van der Waals surface area contributed by atoms with E-state index in [4.69, 9.17) is 12.2 Å². The molecule has 3 aromatic rings. The van der Waals surface area contributed by atoms with Crippen LogP contribution in [-0.4, -0.2) is 14.5 Å². The number of aromatic nitrogens is 3. The Balaban J connectivity index is 2.34. The van der Waals surface area contributed by atoms with E-state index in [2.05, 4.69) is 9.97 Å². The van der Waals surface area contributed by atoms with Gasteiger partial charge >= 0.3 is 0 Å². The van der Waals surface area contributed by atoms with Crippen molar-refractivity contribution >= 4 is 23.3 Å². The molecule has 1 aromatic carbocycles. The zero-order valence-electron chi connectivity index (χ0n) is 9.02. The fourth-order valence-electron chi connectivity index (χ4n) is 1.84. The lowest BCUT2D eigenvalue weighted by Gasteiger charge is -2.04. The molecule has 0 unspecified atom stereocenters. The normalized spacial score (nSPS) is 11.0. The number of nitrogens with one attached hydrogen (secondary N) is 1. The number of nitrogens with zero attached hydrogens (tertiary/aromatic N) is 2. The number of rotatable bonds is 1. The van der Waals surface area contributed by atoms with Gasteiger partial charge in [0.2, 0.25) is 0 Å². The van der Waals surface area contributed by atoms with Gasteiger partial charge in [0, 0.05) is 12.3 Å². The topological polar surface area (TPSA) is 33.6 Å². The summed E-state index contributed by atoms with van der Waals surface area (Å²) in [5.41, 5.74) is 1.98. The number of H-pyrrole nitrogens is 1. The Bertz CT molecular complexity index is 791. The van der Waals surface area contributed by atoms with Crippen molar-refractivity contribution in [1.82, 2.24) is 14.5 Å². The monoisotopic (exact) mass is 263 g/mol. The van der Waals surface area contributed by atoms with E-state index in [-0.39, 0.29) is 0 Å². The summed E-state index contributed by atoms with van der Waals surface area (Å²) in [5, 5.41) is 0. The van der Waals surface area contributed by atoms with Gasteiger partial charge in [-0.2, -0.15) is 0 Å². The largest absolute Gasteiger partial charge is 0.329 e. The smallest absolute Gasteiger partial charge is 0.182 e. The average Bonchev–Trinajstić information content (AvgIpc) is 2.69. The van der Waals surface area contributed by atoms with E-state index in [0.717, 1.165) is 23.2 Å². The Morgan fingerprint density at radius 2 is 2.00 bits per heavy atom. The summed E-state index contributed by atoms with van der Waals surface area (Å²) in [5.74, 6) is -1.79. The second-order valence-electron chi connectivity index (χ2n) is 3.76. The Labute approximate surface area is 106 Å². The van der Waals surface area contributed by atoms with Crippen LogP contribution < -0.4 is 0 Å². The molecule has 0 radical (unpaired) electrons. The summed E-state index contributed by atoms with van der Waals surface area (Å²) in [7, 11) is 0. The fourth-order valence-corrected chi connectivity index (χ4v) is 2.15. The first-order valence-electron chi connectivity index (χ1n) is 5.17. The lowest BCUT2D eigenvalue weighted by Crippen LogP contribution is -1.96. The van der Waals surface area contributed by atoms with Crippen LogP contribution in [0.4, 0.5) is 8.78 Å². The number of halogens is 2. The third-order valence-corrected chi connectivity index (χ3v) is 2.93. The van der Waals surface area contributed by atoms with Gasteiger partial charge in [0.15, 0.2) is 16.4 Å². The first-order valence-corrected chi connectivity index (χ1v) is 5.58. The van der Waals surface area contributed by atoms with Crippen molar-refractivity contribution in [2.75, 3.05) is 0 Å². The molecular formula is C12H7F2N3S. The Morgan fingerprint density at radius 1 is 1.17 bits per heavy atom. The van der Waals surface area contributed by atoms with Crippen molar-refractivity contribution in [2.45, 2.75) is 0 Å². The minimum atomic E-state index is -0.905. The van der Waals surface area contributed by atoms with E-state index in [1.165, 1.54) is 6.07 Å². The maximum atomic E-state index is 13.3. The summed E-state index contributed by atoms with van der Waals surface area (Å²) in [6.45, 7) is 0. The van der Waals surface area contributed by atoms with Crippen LogP contribution in [0, 0.1) is 16.4 Å². The van der Waals surface area contributed by atoms with Gasteiger partial charge in [-0.1, -0.05) is 0 Å². The zero-order chi connectivity index (χ0) is 12.7. The van der Waals surface area contributed by atoms with E-state index in [0.29, 0.717) is 10.5 Å². The maximum absolute atomic E-state index is 13.3. The lowest BCUT2D eigenvalue weighted by molar-refractivity contribution is 0.508. The number of imidazole rings is 1.